The molecule has 3 aromatic rings. The summed E-state index contributed by atoms with van der Waals surface area (Å²) in [6.45, 7) is 6.37. The maximum atomic E-state index is 4.74. The molecule has 0 unspecified atom stereocenters. The van der Waals surface area contributed by atoms with Gasteiger partial charge in [0.2, 0.25) is 0 Å². The summed E-state index contributed by atoms with van der Waals surface area (Å²) in [5.41, 5.74) is 1.99. The summed E-state index contributed by atoms with van der Waals surface area (Å²) in [4.78, 5) is 9.24. The third kappa shape index (κ3) is 2.98. The lowest BCUT2D eigenvalue weighted by Crippen LogP contribution is -2.16. The van der Waals surface area contributed by atoms with Gasteiger partial charge in [-0.05, 0) is 38.8 Å². The standard InChI is InChI=1S/C18H17BrN2/c1-18(2,3)17-20-15(11-16(19)21-17)14-9-8-12-6-4-5-7-13(12)10-14/h4-11H,1-3H3. The van der Waals surface area contributed by atoms with Crippen molar-refractivity contribution < 1.29 is 0 Å². The van der Waals surface area contributed by atoms with Crippen LogP contribution >= 0.6 is 15.9 Å². The van der Waals surface area contributed by atoms with Crippen molar-refractivity contribution in [1.29, 1.82) is 0 Å². The molecule has 0 aliphatic carbocycles. The molecule has 106 valence electrons. The number of rotatable bonds is 1. The van der Waals surface area contributed by atoms with Crippen LogP contribution in [0.25, 0.3) is 22.0 Å². The van der Waals surface area contributed by atoms with Crippen molar-refractivity contribution in [3.8, 4) is 11.3 Å². The van der Waals surface area contributed by atoms with Gasteiger partial charge in [-0.15, -0.1) is 0 Å². The highest BCUT2D eigenvalue weighted by Crippen LogP contribution is 2.27. The molecule has 0 atom stereocenters. The van der Waals surface area contributed by atoms with Crippen molar-refractivity contribution in [3.05, 3.63) is 59.0 Å². The van der Waals surface area contributed by atoms with Crippen molar-refractivity contribution in [1.82, 2.24) is 9.97 Å². The van der Waals surface area contributed by atoms with Gasteiger partial charge in [0.05, 0.1) is 5.69 Å². The highest BCUT2D eigenvalue weighted by atomic mass is 79.9. The summed E-state index contributed by atoms with van der Waals surface area (Å²) in [5, 5.41) is 2.47. The zero-order valence-corrected chi connectivity index (χ0v) is 14.0. The van der Waals surface area contributed by atoms with Gasteiger partial charge in [0.25, 0.3) is 0 Å². The van der Waals surface area contributed by atoms with Crippen LogP contribution in [0.1, 0.15) is 26.6 Å². The smallest absolute Gasteiger partial charge is 0.135 e. The van der Waals surface area contributed by atoms with Crippen LogP contribution in [0.5, 0.6) is 0 Å². The Balaban J connectivity index is 2.16. The molecule has 0 saturated heterocycles. The minimum absolute atomic E-state index is 0.0740. The Bertz CT molecular complexity index is 804. The van der Waals surface area contributed by atoms with E-state index in [9.17, 15) is 0 Å². The van der Waals surface area contributed by atoms with Gasteiger partial charge >= 0.3 is 0 Å². The van der Waals surface area contributed by atoms with Gasteiger partial charge in [0.15, 0.2) is 0 Å². The predicted octanol–water partition coefficient (Wildman–Crippen LogP) is 5.36. The van der Waals surface area contributed by atoms with Gasteiger partial charge < -0.3 is 0 Å². The molecule has 0 bridgehead atoms. The minimum Gasteiger partial charge on any atom is -0.232 e. The summed E-state index contributed by atoms with van der Waals surface area (Å²) in [5.74, 6) is 0.847. The van der Waals surface area contributed by atoms with E-state index in [0.717, 1.165) is 21.7 Å². The first kappa shape index (κ1) is 14.2. The van der Waals surface area contributed by atoms with Crippen LogP contribution in [0.15, 0.2) is 53.1 Å². The Morgan fingerprint density at radius 2 is 1.57 bits per heavy atom. The fourth-order valence-corrected chi connectivity index (χ4v) is 2.63. The Kier molecular flexibility index (Phi) is 3.54. The van der Waals surface area contributed by atoms with Gasteiger partial charge in [0, 0.05) is 11.0 Å². The summed E-state index contributed by atoms with van der Waals surface area (Å²) in [6, 6.07) is 16.8. The molecule has 3 heteroatoms. The molecular formula is C18H17BrN2. The maximum Gasteiger partial charge on any atom is 0.135 e. The Morgan fingerprint density at radius 1 is 0.857 bits per heavy atom. The number of hydrogen-bond donors (Lipinski definition) is 0. The van der Waals surface area contributed by atoms with E-state index in [2.05, 4.69) is 84.1 Å². The highest BCUT2D eigenvalue weighted by Gasteiger charge is 2.19. The molecule has 1 heterocycles. The number of hydrogen-bond acceptors (Lipinski definition) is 2. The Morgan fingerprint density at radius 3 is 2.29 bits per heavy atom. The van der Waals surface area contributed by atoms with E-state index in [-0.39, 0.29) is 5.41 Å². The van der Waals surface area contributed by atoms with Crippen LogP contribution in [-0.4, -0.2) is 9.97 Å². The summed E-state index contributed by atoms with van der Waals surface area (Å²) < 4.78 is 0.825. The number of nitrogens with zero attached hydrogens (tertiary/aromatic N) is 2. The summed E-state index contributed by atoms with van der Waals surface area (Å²) in [7, 11) is 0. The fraction of sp³-hybridized carbons (Fsp3) is 0.222. The first-order chi connectivity index (χ1) is 9.93. The zero-order chi connectivity index (χ0) is 15.0. The largest absolute Gasteiger partial charge is 0.232 e. The SMILES string of the molecule is CC(C)(C)c1nc(Br)cc(-c2ccc3ccccc3c2)n1. The molecule has 0 aliphatic rings. The molecule has 3 rings (SSSR count). The molecule has 0 saturated carbocycles. The quantitative estimate of drug-likeness (QED) is 0.557. The summed E-state index contributed by atoms with van der Waals surface area (Å²) >= 11 is 3.50. The van der Waals surface area contributed by atoms with Crippen molar-refractivity contribution >= 4 is 26.7 Å². The van der Waals surface area contributed by atoms with Crippen molar-refractivity contribution in [2.45, 2.75) is 26.2 Å². The van der Waals surface area contributed by atoms with Gasteiger partial charge in [-0.2, -0.15) is 0 Å². The predicted molar refractivity (Wildman–Crippen MR) is 91.4 cm³/mol. The molecular weight excluding hydrogens is 324 g/mol. The molecule has 0 spiro atoms. The first-order valence-electron chi connectivity index (χ1n) is 6.98. The molecule has 0 amide bonds. The van der Waals surface area contributed by atoms with Crippen LogP contribution in [0.3, 0.4) is 0 Å². The molecule has 0 aliphatic heterocycles. The van der Waals surface area contributed by atoms with E-state index in [0.29, 0.717) is 0 Å². The maximum absolute atomic E-state index is 4.74. The van der Waals surface area contributed by atoms with Gasteiger partial charge in [-0.3, -0.25) is 0 Å². The Labute approximate surface area is 133 Å². The van der Waals surface area contributed by atoms with E-state index in [4.69, 9.17) is 4.98 Å². The van der Waals surface area contributed by atoms with Crippen molar-refractivity contribution in [3.63, 3.8) is 0 Å². The normalized spacial score (nSPS) is 11.8. The molecule has 21 heavy (non-hydrogen) atoms. The lowest BCUT2D eigenvalue weighted by molar-refractivity contribution is 0.544. The van der Waals surface area contributed by atoms with E-state index in [1.54, 1.807) is 0 Å². The van der Waals surface area contributed by atoms with E-state index < -0.39 is 0 Å². The average Bonchev–Trinajstić information content (AvgIpc) is 2.45. The molecule has 0 fully saturated rings. The average molecular weight is 341 g/mol. The molecule has 0 N–H and O–H groups in total. The van der Waals surface area contributed by atoms with Crippen LogP contribution < -0.4 is 0 Å². The second-order valence-corrected chi connectivity index (χ2v) is 7.02. The van der Waals surface area contributed by atoms with Gasteiger partial charge in [-0.25, -0.2) is 9.97 Å². The molecule has 2 aromatic carbocycles. The van der Waals surface area contributed by atoms with Crippen molar-refractivity contribution in [2.24, 2.45) is 0 Å². The number of fused-ring (bicyclic) bond motifs is 1. The van der Waals surface area contributed by atoms with Crippen LogP contribution in [0, 0.1) is 0 Å². The second-order valence-electron chi connectivity index (χ2n) is 6.21. The topological polar surface area (TPSA) is 25.8 Å². The third-order valence-electron chi connectivity index (χ3n) is 3.41. The molecule has 1 aromatic heterocycles. The third-order valence-corrected chi connectivity index (χ3v) is 3.82. The lowest BCUT2D eigenvalue weighted by atomic mass is 9.95. The fourth-order valence-electron chi connectivity index (χ4n) is 2.25. The Hall–Kier alpha value is -1.74. The van der Waals surface area contributed by atoms with E-state index >= 15 is 0 Å². The molecule has 2 nitrogen and oxygen atoms in total. The first-order valence-corrected chi connectivity index (χ1v) is 7.77. The number of halogens is 1. The minimum atomic E-state index is -0.0740. The summed E-state index contributed by atoms with van der Waals surface area (Å²) in [6.07, 6.45) is 0. The van der Waals surface area contributed by atoms with Gasteiger partial charge in [0.1, 0.15) is 10.4 Å². The van der Waals surface area contributed by atoms with Crippen molar-refractivity contribution in [2.75, 3.05) is 0 Å². The zero-order valence-electron chi connectivity index (χ0n) is 12.4. The second kappa shape index (κ2) is 5.23. The monoisotopic (exact) mass is 340 g/mol. The van der Waals surface area contributed by atoms with E-state index in [1.807, 2.05) is 6.07 Å². The highest BCUT2D eigenvalue weighted by molar-refractivity contribution is 9.10. The molecule has 0 radical (unpaired) electrons. The van der Waals surface area contributed by atoms with Crippen LogP contribution in [0.2, 0.25) is 0 Å². The van der Waals surface area contributed by atoms with Gasteiger partial charge in [-0.1, -0.05) is 57.2 Å². The van der Waals surface area contributed by atoms with Crippen LogP contribution in [0.4, 0.5) is 0 Å². The van der Waals surface area contributed by atoms with E-state index in [1.165, 1.54) is 10.8 Å². The lowest BCUT2D eigenvalue weighted by Gasteiger charge is -2.17. The van der Waals surface area contributed by atoms with Crippen LogP contribution in [-0.2, 0) is 5.41 Å². The number of benzene rings is 2. The number of aromatic nitrogens is 2.